The van der Waals surface area contributed by atoms with E-state index in [0.29, 0.717) is 0 Å². The van der Waals surface area contributed by atoms with E-state index in [-0.39, 0.29) is 0 Å². The highest BCUT2D eigenvalue weighted by Gasteiger charge is 2.19. The molecule has 5 nitrogen and oxygen atoms in total. The predicted octanol–water partition coefficient (Wildman–Crippen LogP) is 2.86. The van der Waals surface area contributed by atoms with Crippen molar-refractivity contribution in [3.63, 3.8) is 0 Å². The molecule has 0 spiro atoms. The maximum absolute atomic E-state index is 4.13. The molecule has 0 bridgehead atoms. The number of aromatic amines is 1. The van der Waals surface area contributed by atoms with Gasteiger partial charge in [0.25, 0.3) is 0 Å². The minimum Gasteiger partial charge on any atom is -0.361 e. The van der Waals surface area contributed by atoms with E-state index in [1.807, 2.05) is 46.7 Å². The van der Waals surface area contributed by atoms with Gasteiger partial charge in [-0.1, -0.05) is 24.3 Å². The molecular formula is C15H13N5. The van der Waals surface area contributed by atoms with E-state index >= 15 is 0 Å². The third-order valence-corrected chi connectivity index (χ3v) is 3.34. The number of fused-ring (bicyclic) bond motifs is 1. The van der Waals surface area contributed by atoms with E-state index in [9.17, 15) is 0 Å². The number of benzene rings is 2. The molecule has 0 fully saturated rings. The molecule has 1 aromatic heterocycles. The summed E-state index contributed by atoms with van der Waals surface area (Å²) in [6.45, 7) is 0. The van der Waals surface area contributed by atoms with Crippen LogP contribution in [0.15, 0.2) is 65.9 Å². The molecule has 98 valence electrons. The summed E-state index contributed by atoms with van der Waals surface area (Å²) in [5, 5.41) is 9.19. The first-order valence-electron chi connectivity index (χ1n) is 6.42. The molecule has 2 N–H and O–H groups in total. The van der Waals surface area contributed by atoms with E-state index < -0.39 is 0 Å². The highest BCUT2D eigenvalue weighted by Crippen LogP contribution is 2.25. The normalized spacial score (nSPS) is 14.0. The van der Waals surface area contributed by atoms with Crippen molar-refractivity contribution in [3.8, 4) is 0 Å². The van der Waals surface area contributed by atoms with Crippen molar-refractivity contribution in [2.45, 2.75) is 0 Å². The number of hydrazine groups is 2. The number of hydrogen-bond acceptors (Lipinski definition) is 4. The molecule has 2 aromatic carbocycles. The molecule has 20 heavy (non-hydrogen) atoms. The quantitative estimate of drug-likeness (QED) is 0.747. The van der Waals surface area contributed by atoms with Gasteiger partial charge < -0.3 is 4.98 Å². The van der Waals surface area contributed by atoms with Crippen LogP contribution in [0.4, 0.5) is 11.4 Å². The van der Waals surface area contributed by atoms with Crippen LogP contribution in [0.2, 0.25) is 0 Å². The lowest BCUT2D eigenvalue weighted by Gasteiger charge is -2.28. The SMILES string of the molecule is C1=NNN(c2ccccc2)N1c1ccc2cc[nH]c2c1. The maximum Gasteiger partial charge on any atom is 0.139 e. The number of nitrogens with zero attached hydrogens (tertiary/aromatic N) is 3. The van der Waals surface area contributed by atoms with Crippen LogP contribution in [0.3, 0.4) is 0 Å². The van der Waals surface area contributed by atoms with Crippen LogP contribution in [0.1, 0.15) is 0 Å². The molecule has 1 aliphatic rings. The topological polar surface area (TPSA) is 46.7 Å². The van der Waals surface area contributed by atoms with Crippen LogP contribution in [-0.2, 0) is 0 Å². The van der Waals surface area contributed by atoms with Crippen LogP contribution in [0, 0.1) is 0 Å². The van der Waals surface area contributed by atoms with Gasteiger partial charge in [-0.15, -0.1) is 5.10 Å². The third kappa shape index (κ3) is 1.68. The summed E-state index contributed by atoms with van der Waals surface area (Å²) in [7, 11) is 0. The molecule has 0 unspecified atom stereocenters. The monoisotopic (exact) mass is 263 g/mol. The lowest BCUT2D eigenvalue weighted by Crippen LogP contribution is -2.43. The van der Waals surface area contributed by atoms with Crippen molar-refractivity contribution in [1.82, 2.24) is 10.5 Å². The average molecular weight is 263 g/mol. The summed E-state index contributed by atoms with van der Waals surface area (Å²) in [5.74, 6) is 0. The lowest BCUT2D eigenvalue weighted by molar-refractivity contribution is 0.723. The highest BCUT2D eigenvalue weighted by molar-refractivity contribution is 5.90. The molecule has 3 aromatic rings. The summed E-state index contributed by atoms with van der Waals surface area (Å²) in [6, 6.07) is 18.4. The Bertz CT molecular complexity index is 762. The number of rotatable bonds is 2. The fourth-order valence-electron chi connectivity index (χ4n) is 2.35. The fourth-order valence-corrected chi connectivity index (χ4v) is 2.35. The Hall–Kier alpha value is -2.95. The summed E-state index contributed by atoms with van der Waals surface area (Å²) in [6.07, 6.45) is 3.71. The molecule has 2 heterocycles. The number of anilines is 2. The molecule has 0 radical (unpaired) electrons. The highest BCUT2D eigenvalue weighted by atomic mass is 15.9. The number of hydrogen-bond donors (Lipinski definition) is 2. The van der Waals surface area contributed by atoms with Crippen LogP contribution >= 0.6 is 0 Å². The van der Waals surface area contributed by atoms with Gasteiger partial charge in [0.15, 0.2) is 0 Å². The maximum atomic E-state index is 4.13. The Kier molecular flexibility index (Phi) is 2.35. The Morgan fingerprint density at radius 3 is 2.70 bits per heavy atom. The van der Waals surface area contributed by atoms with Gasteiger partial charge in [0.1, 0.15) is 6.34 Å². The molecule has 1 aliphatic heterocycles. The minimum atomic E-state index is 1.02. The zero-order valence-electron chi connectivity index (χ0n) is 10.7. The summed E-state index contributed by atoms with van der Waals surface area (Å²) < 4.78 is 0. The van der Waals surface area contributed by atoms with Gasteiger partial charge in [-0.2, -0.15) is 10.7 Å². The van der Waals surface area contributed by atoms with Crippen LogP contribution in [-0.4, -0.2) is 11.3 Å². The molecule has 5 heteroatoms. The molecular weight excluding hydrogens is 250 g/mol. The van der Waals surface area contributed by atoms with Crippen molar-refractivity contribution in [2.75, 3.05) is 10.1 Å². The van der Waals surface area contributed by atoms with Gasteiger partial charge in [0, 0.05) is 11.7 Å². The summed E-state index contributed by atoms with van der Waals surface area (Å²) >= 11 is 0. The Balaban J connectivity index is 1.74. The van der Waals surface area contributed by atoms with E-state index in [1.54, 1.807) is 6.34 Å². The zero-order valence-corrected chi connectivity index (χ0v) is 10.7. The van der Waals surface area contributed by atoms with Crippen molar-refractivity contribution in [1.29, 1.82) is 0 Å². The van der Waals surface area contributed by atoms with Gasteiger partial charge in [-0.25, -0.2) is 5.01 Å². The number of nitrogens with one attached hydrogen (secondary N) is 2. The molecule has 4 rings (SSSR count). The predicted molar refractivity (Wildman–Crippen MR) is 81.3 cm³/mol. The smallest absolute Gasteiger partial charge is 0.139 e. The van der Waals surface area contributed by atoms with E-state index in [1.165, 1.54) is 5.39 Å². The fraction of sp³-hybridized carbons (Fsp3) is 0. The first-order chi connectivity index (χ1) is 9.92. The van der Waals surface area contributed by atoms with Crippen LogP contribution in [0.5, 0.6) is 0 Å². The lowest BCUT2D eigenvalue weighted by atomic mass is 10.2. The van der Waals surface area contributed by atoms with E-state index in [4.69, 9.17) is 0 Å². The van der Waals surface area contributed by atoms with E-state index in [2.05, 4.69) is 39.9 Å². The Morgan fingerprint density at radius 1 is 0.900 bits per heavy atom. The number of hydrazone groups is 1. The van der Waals surface area contributed by atoms with Gasteiger partial charge in [-0.05, 0) is 35.7 Å². The van der Waals surface area contributed by atoms with E-state index in [0.717, 1.165) is 16.9 Å². The van der Waals surface area contributed by atoms with Crippen molar-refractivity contribution >= 4 is 28.6 Å². The molecule has 0 atom stereocenters. The van der Waals surface area contributed by atoms with Gasteiger partial charge >= 0.3 is 0 Å². The average Bonchev–Trinajstić information content (AvgIpc) is 3.16. The van der Waals surface area contributed by atoms with Crippen molar-refractivity contribution in [2.24, 2.45) is 5.10 Å². The molecule has 0 amide bonds. The van der Waals surface area contributed by atoms with Crippen molar-refractivity contribution in [3.05, 3.63) is 60.8 Å². The molecule has 0 saturated carbocycles. The second-order valence-electron chi connectivity index (χ2n) is 4.59. The summed E-state index contributed by atoms with van der Waals surface area (Å²) in [5.41, 5.74) is 6.15. The second kappa shape index (κ2) is 4.31. The molecule has 0 saturated heterocycles. The van der Waals surface area contributed by atoms with Gasteiger partial charge in [0.2, 0.25) is 0 Å². The number of H-pyrrole nitrogens is 1. The van der Waals surface area contributed by atoms with Crippen LogP contribution in [0.25, 0.3) is 10.9 Å². The van der Waals surface area contributed by atoms with Gasteiger partial charge in [0.05, 0.1) is 11.4 Å². The first-order valence-corrected chi connectivity index (χ1v) is 6.42. The zero-order chi connectivity index (χ0) is 13.4. The Labute approximate surface area is 116 Å². The molecule has 0 aliphatic carbocycles. The Morgan fingerprint density at radius 2 is 1.80 bits per heavy atom. The first kappa shape index (κ1) is 10.9. The summed E-state index contributed by atoms with van der Waals surface area (Å²) in [4.78, 5) is 3.23. The van der Waals surface area contributed by atoms with Crippen LogP contribution < -0.4 is 15.7 Å². The number of aromatic nitrogens is 1. The largest absolute Gasteiger partial charge is 0.361 e. The van der Waals surface area contributed by atoms with Gasteiger partial charge in [-0.3, -0.25) is 0 Å². The third-order valence-electron chi connectivity index (χ3n) is 3.34. The minimum absolute atomic E-state index is 1.02. The second-order valence-corrected chi connectivity index (χ2v) is 4.59. The van der Waals surface area contributed by atoms with Crippen molar-refractivity contribution < 1.29 is 0 Å². The number of para-hydroxylation sites is 1. The standard InChI is InChI=1S/C15H13N5/c1-2-4-13(5-3-1)20-18-17-11-19(20)14-7-6-12-8-9-16-15(12)10-14/h1-11,16,18H.